The molecule has 0 radical (unpaired) electrons. The third kappa shape index (κ3) is 1.11. The standard InChI is InChI=1S/C7H11NO3.ClH/c8-6-1-2-7(3-6,5(9)10)11-4-6;/h1-4,8H2,(H,9,10);1H. The summed E-state index contributed by atoms with van der Waals surface area (Å²) < 4.78 is 5.18. The summed E-state index contributed by atoms with van der Waals surface area (Å²) in [5, 5.41) is 8.82. The lowest BCUT2D eigenvalue weighted by molar-refractivity contribution is -0.161. The Morgan fingerprint density at radius 3 is 2.33 bits per heavy atom. The second-order valence-corrected chi connectivity index (χ2v) is 3.63. The summed E-state index contributed by atoms with van der Waals surface area (Å²) in [5.74, 6) is -0.859. The van der Waals surface area contributed by atoms with Gasteiger partial charge in [-0.2, -0.15) is 0 Å². The van der Waals surface area contributed by atoms with E-state index >= 15 is 0 Å². The largest absolute Gasteiger partial charge is 0.479 e. The molecule has 2 aliphatic rings. The highest BCUT2D eigenvalue weighted by Crippen LogP contribution is 2.45. The van der Waals surface area contributed by atoms with Crippen molar-refractivity contribution in [3.05, 3.63) is 0 Å². The second-order valence-electron chi connectivity index (χ2n) is 3.63. The first-order valence-corrected chi connectivity index (χ1v) is 3.73. The fourth-order valence-corrected chi connectivity index (χ4v) is 1.97. The van der Waals surface area contributed by atoms with Gasteiger partial charge in [-0.05, 0) is 12.8 Å². The number of hydrogen-bond donors (Lipinski definition) is 2. The molecule has 4 nitrogen and oxygen atoms in total. The van der Waals surface area contributed by atoms with Crippen LogP contribution in [0, 0.1) is 0 Å². The Bertz CT molecular complexity index is 211. The van der Waals surface area contributed by atoms with Crippen LogP contribution in [0.1, 0.15) is 19.3 Å². The second kappa shape index (κ2) is 2.58. The van der Waals surface area contributed by atoms with E-state index in [0.29, 0.717) is 19.4 Å². The number of carboxylic acids is 1. The van der Waals surface area contributed by atoms with Crippen molar-refractivity contribution in [2.24, 2.45) is 5.73 Å². The topological polar surface area (TPSA) is 72.6 Å². The summed E-state index contributed by atoms with van der Waals surface area (Å²) in [6.45, 7) is 0.402. The van der Waals surface area contributed by atoms with E-state index in [1.807, 2.05) is 0 Å². The lowest BCUT2D eigenvalue weighted by Gasteiger charge is -2.22. The van der Waals surface area contributed by atoms with Gasteiger partial charge in [0.25, 0.3) is 0 Å². The smallest absolute Gasteiger partial charge is 0.336 e. The average molecular weight is 194 g/mol. The summed E-state index contributed by atoms with van der Waals surface area (Å²) >= 11 is 0. The lowest BCUT2D eigenvalue weighted by Crippen LogP contribution is -2.39. The molecule has 0 spiro atoms. The minimum atomic E-state index is -0.936. The highest BCUT2D eigenvalue weighted by molar-refractivity contribution is 5.85. The molecule has 0 aromatic carbocycles. The molecule has 0 amide bonds. The number of halogens is 1. The molecule has 2 fully saturated rings. The third-order valence-corrected chi connectivity index (χ3v) is 2.69. The number of hydrogen-bond acceptors (Lipinski definition) is 3. The first kappa shape index (κ1) is 9.77. The number of nitrogens with two attached hydrogens (primary N) is 1. The maximum Gasteiger partial charge on any atom is 0.336 e. The predicted molar refractivity (Wildman–Crippen MR) is 44.3 cm³/mol. The van der Waals surface area contributed by atoms with E-state index in [2.05, 4.69) is 0 Å². The Balaban J connectivity index is 0.000000720. The van der Waals surface area contributed by atoms with Gasteiger partial charge in [0, 0.05) is 12.0 Å². The van der Waals surface area contributed by atoms with Crippen molar-refractivity contribution < 1.29 is 14.6 Å². The van der Waals surface area contributed by atoms with Crippen molar-refractivity contribution in [2.45, 2.75) is 30.4 Å². The minimum Gasteiger partial charge on any atom is -0.479 e. The fourth-order valence-electron chi connectivity index (χ4n) is 1.97. The van der Waals surface area contributed by atoms with Gasteiger partial charge in [0.2, 0.25) is 0 Å². The van der Waals surface area contributed by atoms with Crippen LogP contribution in [-0.4, -0.2) is 28.8 Å². The van der Waals surface area contributed by atoms with Crippen molar-refractivity contribution in [3.63, 3.8) is 0 Å². The number of carbonyl (C=O) groups is 1. The van der Waals surface area contributed by atoms with Crippen molar-refractivity contribution in [2.75, 3.05) is 6.61 Å². The molecule has 1 heterocycles. The van der Waals surface area contributed by atoms with E-state index in [4.69, 9.17) is 15.6 Å². The molecule has 70 valence electrons. The maximum absolute atomic E-state index is 10.7. The molecule has 5 heteroatoms. The van der Waals surface area contributed by atoms with Crippen LogP contribution in [0.15, 0.2) is 0 Å². The van der Waals surface area contributed by atoms with Crippen LogP contribution in [0.4, 0.5) is 0 Å². The van der Waals surface area contributed by atoms with Crippen LogP contribution >= 0.6 is 12.4 Å². The Kier molecular flexibility index (Phi) is 2.10. The van der Waals surface area contributed by atoms with Gasteiger partial charge in [-0.25, -0.2) is 4.79 Å². The molecule has 1 saturated heterocycles. The molecule has 2 unspecified atom stereocenters. The normalized spacial score (nSPS) is 44.1. The van der Waals surface area contributed by atoms with E-state index in [1.165, 1.54) is 0 Å². The maximum atomic E-state index is 10.7. The number of rotatable bonds is 1. The number of aliphatic carboxylic acids is 1. The lowest BCUT2D eigenvalue weighted by atomic mass is 10.0. The molecule has 1 aliphatic carbocycles. The van der Waals surface area contributed by atoms with E-state index in [9.17, 15) is 4.79 Å². The summed E-state index contributed by atoms with van der Waals surface area (Å²) in [5.41, 5.74) is 4.55. The summed E-state index contributed by atoms with van der Waals surface area (Å²) in [7, 11) is 0. The van der Waals surface area contributed by atoms with Crippen molar-refractivity contribution >= 4 is 18.4 Å². The highest BCUT2D eigenvalue weighted by Gasteiger charge is 2.58. The number of fused-ring (bicyclic) bond motifs is 2. The first-order chi connectivity index (χ1) is 5.06. The van der Waals surface area contributed by atoms with Gasteiger partial charge < -0.3 is 15.6 Å². The molecule has 1 aliphatic heterocycles. The van der Waals surface area contributed by atoms with Gasteiger partial charge in [0.15, 0.2) is 5.60 Å². The van der Waals surface area contributed by atoms with Crippen molar-refractivity contribution in [1.82, 2.24) is 0 Å². The Morgan fingerprint density at radius 1 is 1.50 bits per heavy atom. The number of carboxylic acid groups (broad SMARTS) is 1. The van der Waals surface area contributed by atoms with Gasteiger partial charge in [0.1, 0.15) is 0 Å². The molecular weight excluding hydrogens is 182 g/mol. The molecule has 2 bridgehead atoms. The molecule has 2 rings (SSSR count). The third-order valence-electron chi connectivity index (χ3n) is 2.69. The van der Waals surface area contributed by atoms with Crippen LogP contribution in [-0.2, 0) is 9.53 Å². The average Bonchev–Trinajstić information content (AvgIpc) is 2.42. The van der Waals surface area contributed by atoms with Gasteiger partial charge in [-0.3, -0.25) is 0 Å². The fraction of sp³-hybridized carbons (Fsp3) is 0.857. The zero-order chi connectivity index (χ0) is 8.11. The zero-order valence-corrected chi connectivity index (χ0v) is 7.39. The van der Waals surface area contributed by atoms with Crippen molar-refractivity contribution in [1.29, 1.82) is 0 Å². The molecule has 0 aromatic rings. The SMILES string of the molecule is Cl.NC12CCC(C(=O)O)(C1)OC2. The van der Waals surface area contributed by atoms with Gasteiger partial charge in [-0.1, -0.05) is 0 Å². The predicted octanol–water partition coefficient (Wildman–Crippen LogP) is 0.143. The Morgan fingerprint density at radius 2 is 2.17 bits per heavy atom. The zero-order valence-electron chi connectivity index (χ0n) is 6.58. The highest BCUT2D eigenvalue weighted by atomic mass is 35.5. The van der Waals surface area contributed by atoms with E-state index in [0.717, 1.165) is 6.42 Å². The van der Waals surface area contributed by atoms with Gasteiger partial charge in [-0.15, -0.1) is 12.4 Å². The molecular formula is C7H12ClNO3. The summed E-state index contributed by atoms with van der Waals surface area (Å²) in [6.07, 6.45) is 1.83. The van der Waals surface area contributed by atoms with E-state index in [-0.39, 0.29) is 17.9 Å². The molecule has 3 N–H and O–H groups in total. The molecule has 0 aromatic heterocycles. The van der Waals surface area contributed by atoms with E-state index < -0.39 is 11.6 Å². The van der Waals surface area contributed by atoms with Crippen LogP contribution in [0.5, 0.6) is 0 Å². The van der Waals surface area contributed by atoms with Gasteiger partial charge in [0.05, 0.1) is 6.61 Å². The van der Waals surface area contributed by atoms with Crippen LogP contribution < -0.4 is 5.73 Å². The van der Waals surface area contributed by atoms with Crippen LogP contribution in [0.3, 0.4) is 0 Å². The van der Waals surface area contributed by atoms with Gasteiger partial charge >= 0.3 is 5.97 Å². The quantitative estimate of drug-likeness (QED) is 0.622. The summed E-state index contributed by atoms with van der Waals surface area (Å²) in [4.78, 5) is 10.7. The molecule has 1 saturated carbocycles. The monoisotopic (exact) mass is 193 g/mol. The minimum absolute atomic E-state index is 0. The number of ether oxygens (including phenoxy) is 1. The Labute approximate surface area is 76.5 Å². The first-order valence-electron chi connectivity index (χ1n) is 3.73. The molecule has 2 atom stereocenters. The Hall–Kier alpha value is -0.320. The summed E-state index contributed by atoms with van der Waals surface area (Å²) in [6, 6.07) is 0. The van der Waals surface area contributed by atoms with E-state index in [1.54, 1.807) is 0 Å². The van der Waals surface area contributed by atoms with Crippen LogP contribution in [0.25, 0.3) is 0 Å². The molecule has 12 heavy (non-hydrogen) atoms. The van der Waals surface area contributed by atoms with Crippen molar-refractivity contribution in [3.8, 4) is 0 Å². The van der Waals surface area contributed by atoms with Crippen LogP contribution in [0.2, 0.25) is 0 Å².